The first kappa shape index (κ1) is 18.1. The molecule has 3 rings (SSSR count). The molecule has 0 unspecified atom stereocenters. The molecule has 0 fully saturated rings. The van der Waals surface area contributed by atoms with Gasteiger partial charge in [-0.2, -0.15) is 0 Å². The van der Waals surface area contributed by atoms with Crippen LogP contribution in [0.15, 0.2) is 73.1 Å². The number of rotatable bonds is 6. The van der Waals surface area contributed by atoms with Gasteiger partial charge in [-0.1, -0.05) is 12.1 Å². The van der Waals surface area contributed by atoms with E-state index >= 15 is 0 Å². The van der Waals surface area contributed by atoms with Crippen molar-refractivity contribution in [3.63, 3.8) is 0 Å². The van der Waals surface area contributed by atoms with Gasteiger partial charge in [-0.15, -0.1) is 0 Å². The van der Waals surface area contributed by atoms with Crippen LogP contribution < -0.4 is 10.1 Å². The topological polar surface area (TPSA) is 77.5 Å². The molecule has 0 saturated heterocycles. The summed E-state index contributed by atoms with van der Waals surface area (Å²) in [5.41, 5.74) is 2.36. The van der Waals surface area contributed by atoms with E-state index in [1.54, 1.807) is 54.9 Å². The highest BCUT2D eigenvalue weighted by Crippen LogP contribution is 2.21. The van der Waals surface area contributed by atoms with Crippen molar-refractivity contribution in [1.82, 2.24) is 4.98 Å². The van der Waals surface area contributed by atoms with Gasteiger partial charge in [-0.25, -0.2) is 4.79 Å². The van der Waals surface area contributed by atoms with Gasteiger partial charge in [-0.3, -0.25) is 9.78 Å². The number of amides is 1. The third-order valence-electron chi connectivity index (χ3n) is 3.84. The molecular formula is C21H18N2O4. The summed E-state index contributed by atoms with van der Waals surface area (Å²) in [4.78, 5) is 28.1. The number of pyridine rings is 1. The number of carbonyl (C=O) groups excluding carboxylic acids is 2. The predicted octanol–water partition coefficient (Wildman–Crippen LogP) is 3.70. The molecule has 0 saturated carbocycles. The molecule has 0 bridgehead atoms. The van der Waals surface area contributed by atoms with E-state index in [1.165, 1.54) is 7.11 Å². The molecule has 136 valence electrons. The number of nitrogens with zero attached hydrogens (tertiary/aromatic N) is 1. The van der Waals surface area contributed by atoms with Crippen molar-refractivity contribution < 1.29 is 19.1 Å². The molecule has 27 heavy (non-hydrogen) atoms. The van der Waals surface area contributed by atoms with Crippen LogP contribution in [0.5, 0.6) is 5.75 Å². The van der Waals surface area contributed by atoms with Gasteiger partial charge in [0.2, 0.25) is 0 Å². The molecular weight excluding hydrogens is 344 g/mol. The Balaban J connectivity index is 1.70. The highest BCUT2D eigenvalue weighted by atomic mass is 16.5. The summed E-state index contributed by atoms with van der Waals surface area (Å²) in [6, 6.07) is 17.2. The molecule has 2 aromatic carbocycles. The van der Waals surface area contributed by atoms with Crippen LogP contribution in [-0.4, -0.2) is 24.0 Å². The maximum atomic E-state index is 12.6. The van der Waals surface area contributed by atoms with Gasteiger partial charge < -0.3 is 14.8 Å². The number of hydrogen-bond acceptors (Lipinski definition) is 5. The summed E-state index contributed by atoms with van der Waals surface area (Å²) >= 11 is 0. The lowest BCUT2D eigenvalue weighted by Gasteiger charge is -2.12. The minimum absolute atomic E-state index is 0.300. The van der Waals surface area contributed by atoms with Crippen LogP contribution >= 0.6 is 0 Å². The number of ether oxygens (including phenoxy) is 2. The smallest absolute Gasteiger partial charge is 0.337 e. The van der Waals surface area contributed by atoms with Gasteiger partial charge in [0.25, 0.3) is 5.91 Å². The Morgan fingerprint density at radius 2 is 1.67 bits per heavy atom. The van der Waals surface area contributed by atoms with Crippen LogP contribution in [-0.2, 0) is 11.3 Å². The molecule has 1 heterocycles. The fourth-order valence-electron chi connectivity index (χ4n) is 2.43. The monoisotopic (exact) mass is 362 g/mol. The summed E-state index contributed by atoms with van der Waals surface area (Å²) in [6.07, 6.45) is 3.38. The van der Waals surface area contributed by atoms with E-state index in [4.69, 9.17) is 4.74 Å². The van der Waals surface area contributed by atoms with Crippen LogP contribution in [0.25, 0.3) is 0 Å². The SMILES string of the molecule is COC(=O)c1ccc(NC(=O)c2ccccc2OCc2ccncc2)cc1. The molecule has 0 aliphatic rings. The van der Waals surface area contributed by atoms with E-state index in [1.807, 2.05) is 18.2 Å². The Bertz CT molecular complexity index is 924. The Labute approximate surface area is 156 Å². The van der Waals surface area contributed by atoms with Crippen molar-refractivity contribution in [3.05, 3.63) is 89.7 Å². The second kappa shape index (κ2) is 8.62. The van der Waals surface area contributed by atoms with Crippen LogP contribution in [0.3, 0.4) is 0 Å². The molecule has 6 nitrogen and oxygen atoms in total. The second-order valence-electron chi connectivity index (χ2n) is 5.66. The van der Waals surface area contributed by atoms with E-state index in [2.05, 4.69) is 15.0 Å². The second-order valence-corrected chi connectivity index (χ2v) is 5.66. The maximum absolute atomic E-state index is 12.6. The zero-order valence-corrected chi connectivity index (χ0v) is 14.7. The molecule has 1 N–H and O–H groups in total. The number of para-hydroxylation sites is 1. The molecule has 6 heteroatoms. The van der Waals surface area contributed by atoms with Crippen LogP contribution in [0.4, 0.5) is 5.69 Å². The number of aromatic nitrogens is 1. The van der Waals surface area contributed by atoms with Gasteiger partial charge in [0.05, 0.1) is 18.2 Å². The van der Waals surface area contributed by atoms with Crippen molar-refractivity contribution in [2.24, 2.45) is 0 Å². The Morgan fingerprint density at radius 3 is 2.37 bits per heavy atom. The summed E-state index contributed by atoms with van der Waals surface area (Å²) in [5, 5.41) is 2.80. The largest absolute Gasteiger partial charge is 0.488 e. The van der Waals surface area contributed by atoms with Crippen molar-refractivity contribution in [2.45, 2.75) is 6.61 Å². The number of esters is 1. The number of carbonyl (C=O) groups is 2. The molecule has 3 aromatic rings. The standard InChI is InChI=1S/C21H18N2O4/c1-26-21(25)16-6-8-17(9-7-16)23-20(24)18-4-2-3-5-19(18)27-14-15-10-12-22-13-11-15/h2-13H,14H2,1H3,(H,23,24). The van der Waals surface area contributed by atoms with Gasteiger partial charge in [0.15, 0.2) is 0 Å². The number of methoxy groups -OCH3 is 1. The Morgan fingerprint density at radius 1 is 0.963 bits per heavy atom. The average Bonchev–Trinajstić information content (AvgIpc) is 2.73. The van der Waals surface area contributed by atoms with Crippen LogP contribution in [0.2, 0.25) is 0 Å². The normalized spacial score (nSPS) is 10.1. The van der Waals surface area contributed by atoms with Gasteiger partial charge in [0.1, 0.15) is 12.4 Å². The van der Waals surface area contributed by atoms with E-state index in [9.17, 15) is 9.59 Å². The number of benzene rings is 2. The van der Waals surface area contributed by atoms with Gasteiger partial charge >= 0.3 is 5.97 Å². The molecule has 0 radical (unpaired) electrons. The Kier molecular flexibility index (Phi) is 5.79. The van der Waals surface area contributed by atoms with Gasteiger partial charge in [-0.05, 0) is 54.1 Å². The summed E-state index contributed by atoms with van der Waals surface area (Å²) in [7, 11) is 1.32. The molecule has 1 amide bonds. The lowest BCUT2D eigenvalue weighted by molar-refractivity contribution is 0.0600. The highest BCUT2D eigenvalue weighted by molar-refractivity contribution is 6.06. The molecule has 0 aliphatic heterocycles. The molecule has 0 aliphatic carbocycles. The Hall–Kier alpha value is -3.67. The fraction of sp³-hybridized carbons (Fsp3) is 0.0952. The number of nitrogens with one attached hydrogen (secondary N) is 1. The first-order valence-electron chi connectivity index (χ1n) is 8.28. The van der Waals surface area contributed by atoms with Crippen molar-refractivity contribution in [3.8, 4) is 5.75 Å². The van der Waals surface area contributed by atoms with E-state index in [0.29, 0.717) is 29.2 Å². The molecule has 0 spiro atoms. The lowest BCUT2D eigenvalue weighted by Crippen LogP contribution is -2.14. The average molecular weight is 362 g/mol. The zero-order chi connectivity index (χ0) is 19.1. The van der Waals surface area contributed by atoms with E-state index in [0.717, 1.165) is 5.56 Å². The third-order valence-corrected chi connectivity index (χ3v) is 3.84. The molecule has 0 atom stereocenters. The minimum atomic E-state index is -0.428. The number of anilines is 1. The maximum Gasteiger partial charge on any atom is 0.337 e. The van der Waals surface area contributed by atoms with Gasteiger partial charge in [0, 0.05) is 18.1 Å². The summed E-state index contributed by atoms with van der Waals surface area (Å²) < 4.78 is 10.5. The lowest BCUT2D eigenvalue weighted by atomic mass is 10.1. The van der Waals surface area contributed by atoms with E-state index in [-0.39, 0.29) is 5.91 Å². The number of hydrogen-bond donors (Lipinski definition) is 1. The third kappa shape index (κ3) is 4.70. The van der Waals surface area contributed by atoms with Crippen molar-refractivity contribution >= 4 is 17.6 Å². The van der Waals surface area contributed by atoms with E-state index < -0.39 is 5.97 Å². The minimum Gasteiger partial charge on any atom is -0.488 e. The highest BCUT2D eigenvalue weighted by Gasteiger charge is 2.13. The quantitative estimate of drug-likeness (QED) is 0.677. The summed E-state index contributed by atoms with van der Waals surface area (Å²) in [5.74, 6) is -0.244. The fourth-order valence-corrected chi connectivity index (χ4v) is 2.43. The van der Waals surface area contributed by atoms with Crippen LogP contribution in [0, 0.1) is 0 Å². The zero-order valence-electron chi connectivity index (χ0n) is 14.7. The first-order chi connectivity index (χ1) is 13.2. The van der Waals surface area contributed by atoms with Crippen molar-refractivity contribution in [1.29, 1.82) is 0 Å². The van der Waals surface area contributed by atoms with Crippen molar-refractivity contribution in [2.75, 3.05) is 12.4 Å². The predicted molar refractivity (Wildman–Crippen MR) is 101 cm³/mol. The first-order valence-corrected chi connectivity index (χ1v) is 8.28. The van der Waals surface area contributed by atoms with Crippen LogP contribution in [0.1, 0.15) is 26.3 Å². The molecule has 1 aromatic heterocycles. The summed E-state index contributed by atoms with van der Waals surface area (Å²) in [6.45, 7) is 0.334.